The summed E-state index contributed by atoms with van der Waals surface area (Å²) in [7, 11) is 0. The maximum Gasteiger partial charge on any atom is 0.410 e. The van der Waals surface area contributed by atoms with Crippen LogP contribution in [0.2, 0.25) is 0 Å². The third-order valence-corrected chi connectivity index (χ3v) is 2.64. The molecule has 1 fully saturated rings. The molecule has 0 saturated carbocycles. The summed E-state index contributed by atoms with van der Waals surface area (Å²) < 4.78 is 5.30. The topological polar surface area (TPSA) is 49.8 Å². The zero-order chi connectivity index (χ0) is 10.8. The van der Waals surface area contributed by atoms with E-state index in [1.165, 1.54) is 0 Å². The molecule has 1 saturated heterocycles. The Hall–Kier alpha value is -0.770. The molecule has 1 N–H and O–H groups in total. The molecule has 1 atom stereocenters. The first-order valence-electron chi connectivity index (χ1n) is 5.10. The summed E-state index contributed by atoms with van der Waals surface area (Å²) >= 11 is 0. The molecule has 82 valence electrons. The van der Waals surface area contributed by atoms with E-state index in [9.17, 15) is 9.90 Å². The number of rotatable bonds is 2. The van der Waals surface area contributed by atoms with Crippen LogP contribution in [0.4, 0.5) is 4.79 Å². The lowest BCUT2D eigenvalue weighted by atomic mass is 10.1. The van der Waals surface area contributed by atoms with Gasteiger partial charge >= 0.3 is 6.09 Å². The molecule has 1 amide bonds. The Morgan fingerprint density at radius 3 is 2.71 bits per heavy atom. The number of nitrogens with zero attached hydrogens (tertiary/aromatic N) is 1. The quantitative estimate of drug-likeness (QED) is 0.734. The number of carbonyl (C=O) groups is 1. The molecule has 1 aliphatic heterocycles. The smallest absolute Gasteiger partial charge is 0.410 e. The normalized spacial score (nSPS) is 22.6. The summed E-state index contributed by atoms with van der Waals surface area (Å²) in [6, 6.07) is 0. The van der Waals surface area contributed by atoms with Gasteiger partial charge in [-0.3, -0.25) is 0 Å². The molecule has 0 bridgehead atoms. The molecule has 1 heterocycles. The summed E-state index contributed by atoms with van der Waals surface area (Å²) in [5, 5.41) is 9.25. The van der Waals surface area contributed by atoms with Crippen LogP contribution in [-0.4, -0.2) is 40.9 Å². The van der Waals surface area contributed by atoms with Crippen molar-refractivity contribution in [2.45, 2.75) is 45.3 Å². The number of aliphatic hydroxyl groups excluding tert-OH is 1. The van der Waals surface area contributed by atoms with Crippen molar-refractivity contribution < 1.29 is 14.6 Å². The average Bonchev–Trinajstić information content (AvgIpc) is 2.51. The van der Waals surface area contributed by atoms with Crippen molar-refractivity contribution in [3.63, 3.8) is 0 Å². The average molecular weight is 201 g/mol. The van der Waals surface area contributed by atoms with Crippen molar-refractivity contribution in [3.8, 4) is 0 Å². The van der Waals surface area contributed by atoms with E-state index in [0.29, 0.717) is 19.5 Å². The largest absolute Gasteiger partial charge is 0.443 e. The van der Waals surface area contributed by atoms with E-state index in [1.807, 2.05) is 20.8 Å². The molecule has 14 heavy (non-hydrogen) atoms. The van der Waals surface area contributed by atoms with Crippen molar-refractivity contribution in [3.05, 3.63) is 0 Å². The first-order chi connectivity index (χ1) is 6.44. The molecule has 1 aliphatic rings. The number of hydrogen-bond donors (Lipinski definition) is 1. The first kappa shape index (κ1) is 11.3. The number of carbonyl (C=O) groups excluding carboxylic acids is 1. The number of likely N-dealkylation sites (tertiary alicyclic amines) is 1. The van der Waals surface area contributed by atoms with Crippen LogP contribution in [-0.2, 0) is 4.74 Å². The number of hydrogen-bond acceptors (Lipinski definition) is 3. The summed E-state index contributed by atoms with van der Waals surface area (Å²) in [6.45, 7) is 6.75. The highest BCUT2D eigenvalue weighted by Gasteiger charge is 2.29. The first-order valence-corrected chi connectivity index (χ1v) is 5.10. The highest BCUT2D eigenvalue weighted by Crippen LogP contribution is 2.18. The molecule has 4 nitrogen and oxygen atoms in total. The molecule has 0 aromatic carbocycles. The molecule has 0 aromatic heterocycles. The van der Waals surface area contributed by atoms with E-state index < -0.39 is 5.60 Å². The van der Waals surface area contributed by atoms with Crippen LogP contribution in [0.1, 0.15) is 33.6 Å². The van der Waals surface area contributed by atoms with Gasteiger partial charge in [0.2, 0.25) is 0 Å². The van der Waals surface area contributed by atoms with Crippen LogP contribution in [0.15, 0.2) is 0 Å². The fraction of sp³-hybridized carbons (Fsp3) is 0.900. The van der Waals surface area contributed by atoms with Gasteiger partial charge in [-0.05, 0) is 26.7 Å². The highest BCUT2D eigenvalue weighted by molar-refractivity contribution is 5.68. The van der Waals surface area contributed by atoms with Gasteiger partial charge in [-0.25, -0.2) is 4.79 Å². The van der Waals surface area contributed by atoms with E-state index in [0.717, 1.165) is 6.42 Å². The van der Waals surface area contributed by atoms with Gasteiger partial charge in [-0.2, -0.15) is 0 Å². The van der Waals surface area contributed by atoms with E-state index >= 15 is 0 Å². The Balaban J connectivity index is 2.43. The van der Waals surface area contributed by atoms with Gasteiger partial charge in [-0.1, -0.05) is 6.92 Å². The Morgan fingerprint density at radius 1 is 1.64 bits per heavy atom. The van der Waals surface area contributed by atoms with E-state index in [2.05, 4.69) is 0 Å². The Kier molecular flexibility index (Phi) is 3.37. The number of aliphatic hydroxyl groups is 1. The molecule has 0 spiro atoms. The predicted molar refractivity (Wildman–Crippen MR) is 53.0 cm³/mol. The monoisotopic (exact) mass is 201 g/mol. The minimum Gasteiger partial charge on any atom is -0.443 e. The summed E-state index contributed by atoms with van der Waals surface area (Å²) in [4.78, 5) is 13.1. The number of amides is 1. The van der Waals surface area contributed by atoms with Crippen LogP contribution in [0, 0.1) is 0 Å². The van der Waals surface area contributed by atoms with Crippen LogP contribution in [0.5, 0.6) is 0 Å². The van der Waals surface area contributed by atoms with Gasteiger partial charge < -0.3 is 14.7 Å². The van der Waals surface area contributed by atoms with Crippen molar-refractivity contribution in [2.24, 2.45) is 0 Å². The summed E-state index contributed by atoms with van der Waals surface area (Å²) in [5.74, 6) is 0. The standard InChI is InChI=1S/C10H19NO3/c1-4-10(2,3)14-9(13)11-6-5-8(12)7-11/h8,12H,4-7H2,1-3H3/t8-/m0/s1. The van der Waals surface area contributed by atoms with Crippen LogP contribution in [0.25, 0.3) is 0 Å². The third-order valence-electron chi connectivity index (χ3n) is 2.64. The van der Waals surface area contributed by atoms with Gasteiger partial charge in [0.25, 0.3) is 0 Å². The molecule has 4 heteroatoms. The molecule has 0 aromatic rings. The Bertz CT molecular complexity index is 215. The summed E-state index contributed by atoms with van der Waals surface area (Å²) in [5.41, 5.74) is -0.412. The zero-order valence-corrected chi connectivity index (χ0v) is 9.12. The third kappa shape index (κ3) is 2.87. The van der Waals surface area contributed by atoms with E-state index in [-0.39, 0.29) is 12.2 Å². The molecular weight excluding hydrogens is 182 g/mol. The Morgan fingerprint density at radius 2 is 2.29 bits per heavy atom. The minimum absolute atomic E-state index is 0.312. The van der Waals surface area contributed by atoms with Gasteiger partial charge in [0, 0.05) is 13.1 Å². The fourth-order valence-corrected chi connectivity index (χ4v) is 1.28. The maximum atomic E-state index is 11.6. The molecule has 0 aliphatic carbocycles. The van der Waals surface area contributed by atoms with Crippen molar-refractivity contribution in [1.29, 1.82) is 0 Å². The SMILES string of the molecule is CCC(C)(C)OC(=O)N1CC[C@H](O)C1. The van der Waals surface area contributed by atoms with Crippen LogP contribution in [0.3, 0.4) is 0 Å². The van der Waals surface area contributed by atoms with Gasteiger partial charge in [0.05, 0.1) is 6.10 Å². The molecule has 1 rings (SSSR count). The van der Waals surface area contributed by atoms with Crippen molar-refractivity contribution in [1.82, 2.24) is 4.90 Å². The second-order valence-electron chi connectivity index (χ2n) is 4.37. The fourth-order valence-electron chi connectivity index (χ4n) is 1.28. The second-order valence-corrected chi connectivity index (χ2v) is 4.37. The molecular formula is C10H19NO3. The number of ether oxygens (including phenoxy) is 1. The lowest BCUT2D eigenvalue weighted by Gasteiger charge is -2.26. The highest BCUT2D eigenvalue weighted by atomic mass is 16.6. The zero-order valence-electron chi connectivity index (χ0n) is 9.12. The number of β-amino-alcohol motifs (C(OH)–C–C–N with tert-alkyl or cyclic N) is 1. The Labute approximate surface area is 84.8 Å². The van der Waals surface area contributed by atoms with Gasteiger partial charge in [0.15, 0.2) is 0 Å². The van der Waals surface area contributed by atoms with Gasteiger partial charge in [-0.15, -0.1) is 0 Å². The van der Waals surface area contributed by atoms with Crippen LogP contribution < -0.4 is 0 Å². The maximum absolute atomic E-state index is 11.6. The molecule has 0 radical (unpaired) electrons. The lowest BCUT2D eigenvalue weighted by molar-refractivity contribution is 0.0133. The second kappa shape index (κ2) is 4.17. The summed E-state index contributed by atoms with van der Waals surface area (Å²) in [6.07, 6.45) is 0.747. The van der Waals surface area contributed by atoms with E-state index in [4.69, 9.17) is 4.74 Å². The predicted octanol–water partition coefficient (Wildman–Crippen LogP) is 1.38. The molecule has 0 unspecified atom stereocenters. The van der Waals surface area contributed by atoms with Crippen LogP contribution >= 0.6 is 0 Å². The lowest BCUT2D eigenvalue weighted by Crippen LogP contribution is -2.37. The van der Waals surface area contributed by atoms with Crippen molar-refractivity contribution >= 4 is 6.09 Å². The van der Waals surface area contributed by atoms with Gasteiger partial charge in [0.1, 0.15) is 5.60 Å². The minimum atomic E-state index is -0.412. The van der Waals surface area contributed by atoms with Crippen molar-refractivity contribution in [2.75, 3.05) is 13.1 Å². The van der Waals surface area contributed by atoms with E-state index in [1.54, 1.807) is 4.90 Å².